The third-order valence-corrected chi connectivity index (χ3v) is 6.69. The molecule has 3 aromatic heterocycles. The first-order chi connectivity index (χ1) is 19.6. The number of benzene rings is 1. The van der Waals surface area contributed by atoms with Gasteiger partial charge in [0, 0.05) is 42.9 Å². The van der Waals surface area contributed by atoms with Crippen LogP contribution in [-0.2, 0) is 33.7 Å². The highest BCUT2D eigenvalue weighted by Gasteiger charge is 2.26. The Labute approximate surface area is 239 Å². The SMILES string of the molecule is CC(C)OCC(=O)Cc1cc(-c2c[nH]c3nccc(Oc4ccc5c(c4)CN(C(=O)OC(C)(C)C)CC5)c23)ccn1. The lowest BCUT2D eigenvalue weighted by molar-refractivity contribution is -0.124. The number of hydrogen-bond acceptors (Lipinski definition) is 7. The molecule has 0 radical (unpaired) electrons. The lowest BCUT2D eigenvalue weighted by Crippen LogP contribution is -2.39. The molecule has 0 atom stereocenters. The van der Waals surface area contributed by atoms with Gasteiger partial charge in [0.1, 0.15) is 29.4 Å². The van der Waals surface area contributed by atoms with Crippen molar-refractivity contribution in [1.29, 1.82) is 0 Å². The summed E-state index contributed by atoms with van der Waals surface area (Å²) in [5.41, 5.74) is 4.83. The van der Waals surface area contributed by atoms with Crippen molar-refractivity contribution in [2.45, 2.75) is 65.7 Å². The molecule has 0 saturated heterocycles. The predicted molar refractivity (Wildman–Crippen MR) is 156 cm³/mol. The number of H-pyrrole nitrogens is 1. The Morgan fingerprint density at radius 3 is 2.63 bits per heavy atom. The van der Waals surface area contributed by atoms with Gasteiger partial charge in [0.15, 0.2) is 5.78 Å². The molecule has 4 heterocycles. The number of aromatic amines is 1. The second kappa shape index (κ2) is 11.7. The summed E-state index contributed by atoms with van der Waals surface area (Å²) >= 11 is 0. The molecule has 1 amide bonds. The number of nitrogens with zero attached hydrogens (tertiary/aromatic N) is 3. The van der Waals surface area contributed by atoms with Crippen molar-refractivity contribution in [3.63, 3.8) is 0 Å². The van der Waals surface area contributed by atoms with Crippen molar-refractivity contribution in [3.05, 3.63) is 71.8 Å². The molecule has 0 fully saturated rings. The van der Waals surface area contributed by atoms with Gasteiger partial charge in [0.05, 0.1) is 17.9 Å². The molecule has 0 unspecified atom stereocenters. The number of carbonyl (C=O) groups excluding carboxylic acids is 2. The summed E-state index contributed by atoms with van der Waals surface area (Å²) in [5.74, 6) is 1.29. The molecule has 5 rings (SSSR count). The number of aromatic nitrogens is 3. The minimum absolute atomic E-state index is 0.00517. The molecule has 1 aliphatic heterocycles. The van der Waals surface area contributed by atoms with Crippen LogP contribution in [0.4, 0.5) is 4.79 Å². The van der Waals surface area contributed by atoms with Crippen molar-refractivity contribution < 1.29 is 23.8 Å². The minimum Gasteiger partial charge on any atom is -0.457 e. The number of hydrogen-bond donors (Lipinski definition) is 1. The van der Waals surface area contributed by atoms with Gasteiger partial charge in [-0.3, -0.25) is 9.78 Å². The Kier molecular flexibility index (Phi) is 8.08. The topological polar surface area (TPSA) is 107 Å². The van der Waals surface area contributed by atoms with Gasteiger partial charge in [0.2, 0.25) is 0 Å². The Bertz CT molecular complexity index is 1570. The molecule has 0 spiro atoms. The maximum atomic E-state index is 12.7. The summed E-state index contributed by atoms with van der Waals surface area (Å²) in [6.07, 6.45) is 5.93. The van der Waals surface area contributed by atoms with Crippen LogP contribution in [0.3, 0.4) is 0 Å². The fourth-order valence-corrected chi connectivity index (χ4v) is 4.80. The van der Waals surface area contributed by atoms with E-state index >= 15 is 0 Å². The summed E-state index contributed by atoms with van der Waals surface area (Å²) < 4.78 is 17.4. The van der Waals surface area contributed by atoms with Gasteiger partial charge in [0.25, 0.3) is 0 Å². The molecule has 1 aliphatic rings. The highest BCUT2D eigenvalue weighted by molar-refractivity contribution is 5.98. The van der Waals surface area contributed by atoms with E-state index in [0.717, 1.165) is 28.5 Å². The van der Waals surface area contributed by atoms with Gasteiger partial charge in [-0.2, -0.15) is 0 Å². The van der Waals surface area contributed by atoms with E-state index in [-0.39, 0.29) is 31.0 Å². The van der Waals surface area contributed by atoms with E-state index in [9.17, 15) is 9.59 Å². The second-order valence-electron chi connectivity index (χ2n) is 11.5. The number of rotatable bonds is 8. The van der Waals surface area contributed by atoms with Crippen molar-refractivity contribution in [3.8, 4) is 22.6 Å². The molecule has 0 bridgehead atoms. The number of amides is 1. The summed E-state index contributed by atoms with van der Waals surface area (Å²) in [6, 6.07) is 11.7. The maximum Gasteiger partial charge on any atom is 0.410 e. The molecular weight excluding hydrogens is 520 g/mol. The first kappa shape index (κ1) is 28.3. The molecule has 4 aromatic rings. The minimum atomic E-state index is -0.545. The molecular formula is C32H36N4O5. The van der Waals surface area contributed by atoms with Crippen molar-refractivity contribution in [2.24, 2.45) is 0 Å². The zero-order chi connectivity index (χ0) is 29.1. The number of ketones is 1. The predicted octanol–water partition coefficient (Wildman–Crippen LogP) is 6.25. The van der Waals surface area contributed by atoms with Gasteiger partial charge in [-0.1, -0.05) is 6.07 Å². The van der Waals surface area contributed by atoms with Crippen LogP contribution in [0.2, 0.25) is 0 Å². The fraction of sp³-hybridized carbons (Fsp3) is 0.375. The summed E-state index contributed by atoms with van der Waals surface area (Å²) in [5, 5.41) is 0.826. The van der Waals surface area contributed by atoms with Gasteiger partial charge in [-0.05, 0) is 88.1 Å². The van der Waals surface area contributed by atoms with Gasteiger partial charge in [-0.15, -0.1) is 0 Å². The van der Waals surface area contributed by atoms with Gasteiger partial charge < -0.3 is 24.1 Å². The average molecular weight is 557 g/mol. The molecule has 41 heavy (non-hydrogen) atoms. The number of ether oxygens (including phenoxy) is 3. The van der Waals surface area contributed by atoms with Crippen molar-refractivity contribution in [2.75, 3.05) is 13.2 Å². The Morgan fingerprint density at radius 2 is 1.85 bits per heavy atom. The first-order valence-electron chi connectivity index (χ1n) is 13.9. The third-order valence-electron chi connectivity index (χ3n) is 6.69. The summed E-state index contributed by atoms with van der Waals surface area (Å²) in [7, 11) is 0. The zero-order valence-electron chi connectivity index (χ0n) is 24.2. The normalized spacial score (nSPS) is 13.4. The van der Waals surface area contributed by atoms with Crippen LogP contribution in [0, 0.1) is 0 Å². The van der Waals surface area contributed by atoms with Crippen LogP contribution in [0.5, 0.6) is 11.5 Å². The number of carbonyl (C=O) groups is 2. The molecule has 0 saturated carbocycles. The highest BCUT2D eigenvalue weighted by Crippen LogP contribution is 2.37. The summed E-state index contributed by atoms with van der Waals surface area (Å²) in [4.78, 5) is 38.9. The van der Waals surface area contributed by atoms with Crippen LogP contribution >= 0.6 is 0 Å². The van der Waals surface area contributed by atoms with Crippen molar-refractivity contribution >= 4 is 22.9 Å². The molecule has 0 aliphatic carbocycles. The van der Waals surface area contributed by atoms with Crippen LogP contribution in [0.15, 0.2) is 55.0 Å². The van der Waals surface area contributed by atoms with Crippen molar-refractivity contribution in [1.82, 2.24) is 19.9 Å². The van der Waals surface area contributed by atoms with E-state index in [1.807, 2.05) is 71.1 Å². The Hall–Kier alpha value is -4.24. The van der Waals surface area contributed by atoms with E-state index < -0.39 is 5.60 Å². The molecule has 1 N–H and O–H groups in total. The second-order valence-corrected chi connectivity index (χ2v) is 11.5. The summed E-state index contributed by atoms with van der Waals surface area (Å²) in [6.45, 7) is 10.6. The monoisotopic (exact) mass is 556 g/mol. The molecule has 214 valence electrons. The molecule has 9 heteroatoms. The Balaban J connectivity index is 1.38. The third kappa shape index (κ3) is 6.92. The van der Waals surface area contributed by atoms with E-state index in [1.165, 1.54) is 5.56 Å². The van der Waals surface area contributed by atoms with Crippen LogP contribution in [-0.4, -0.2) is 56.6 Å². The van der Waals surface area contributed by atoms with E-state index in [4.69, 9.17) is 14.2 Å². The lowest BCUT2D eigenvalue weighted by atomic mass is 10.00. The quantitative estimate of drug-likeness (QED) is 0.273. The van der Waals surface area contributed by atoms with Gasteiger partial charge in [-0.25, -0.2) is 9.78 Å². The molecule has 1 aromatic carbocycles. The average Bonchev–Trinajstić information content (AvgIpc) is 3.36. The van der Waals surface area contributed by atoms with Crippen LogP contribution in [0.25, 0.3) is 22.2 Å². The zero-order valence-corrected chi connectivity index (χ0v) is 24.2. The van der Waals surface area contributed by atoms with Crippen LogP contribution < -0.4 is 4.74 Å². The molecule has 9 nitrogen and oxygen atoms in total. The smallest absolute Gasteiger partial charge is 0.410 e. The number of pyridine rings is 2. The number of fused-ring (bicyclic) bond motifs is 2. The van der Waals surface area contributed by atoms with Crippen LogP contribution in [0.1, 0.15) is 51.4 Å². The van der Waals surface area contributed by atoms with E-state index in [0.29, 0.717) is 35.9 Å². The largest absolute Gasteiger partial charge is 0.457 e. The maximum absolute atomic E-state index is 12.7. The van der Waals surface area contributed by atoms with Gasteiger partial charge >= 0.3 is 6.09 Å². The number of Topliss-reactive ketones (excluding diaryl/α,β-unsaturated/α-hetero) is 1. The first-order valence-corrected chi connectivity index (χ1v) is 13.9. The Morgan fingerprint density at radius 1 is 1.05 bits per heavy atom. The van der Waals surface area contributed by atoms with E-state index in [1.54, 1.807) is 17.3 Å². The highest BCUT2D eigenvalue weighted by atomic mass is 16.6. The fourth-order valence-electron chi connectivity index (χ4n) is 4.80. The van der Waals surface area contributed by atoms with E-state index in [2.05, 4.69) is 21.0 Å². The number of nitrogens with one attached hydrogen (secondary N) is 1. The standard InChI is InChI=1S/C32H36N4O5/c1-20(2)39-19-25(37)16-24-14-22(8-11-33-24)27-17-35-30-29(27)28(9-12-34-30)40-26-7-6-21-10-13-36(18-23(21)15-26)31(38)41-32(3,4)5/h6-9,11-12,14-15,17,20H,10,13,16,18-19H2,1-5H3,(H,34,35). The lowest BCUT2D eigenvalue weighted by Gasteiger charge is -2.31.